The van der Waals surface area contributed by atoms with Crippen molar-refractivity contribution in [1.29, 1.82) is 0 Å². The van der Waals surface area contributed by atoms with Gasteiger partial charge in [0.15, 0.2) is 0 Å². The van der Waals surface area contributed by atoms with E-state index in [2.05, 4.69) is 0 Å². The molecule has 0 spiro atoms. The van der Waals surface area contributed by atoms with Crippen molar-refractivity contribution in [2.75, 3.05) is 0 Å². The summed E-state index contributed by atoms with van der Waals surface area (Å²) in [5.74, 6) is 0. The molecule has 0 atom stereocenters. The van der Waals surface area contributed by atoms with E-state index in [1.54, 1.807) is 0 Å². The van der Waals surface area contributed by atoms with E-state index in [9.17, 15) is 0 Å². The summed E-state index contributed by atoms with van der Waals surface area (Å²) in [5, 5.41) is 0. The molecule has 0 unspecified atom stereocenters. The van der Waals surface area contributed by atoms with Crippen LogP contribution in [0.2, 0.25) is 0 Å². The van der Waals surface area contributed by atoms with E-state index in [4.69, 9.17) is 0 Å². The summed E-state index contributed by atoms with van der Waals surface area (Å²) in [6.45, 7) is 0. The monoisotopic (exact) mass is 224 g/mol. The minimum absolute atomic E-state index is 0. The topological polar surface area (TPSA) is 31.5 Å². The van der Waals surface area contributed by atoms with Crippen molar-refractivity contribution in [3.05, 3.63) is 0 Å². The van der Waals surface area contributed by atoms with Crippen molar-refractivity contribution in [1.82, 2.24) is 0 Å². The normalized spacial score (nSPS) is 0. The summed E-state index contributed by atoms with van der Waals surface area (Å²) >= 11 is 0. The van der Waals surface area contributed by atoms with E-state index >= 15 is 0 Å². The Morgan fingerprint density at radius 1 is 0.750 bits per heavy atom. The molecule has 4 heavy (non-hydrogen) atoms. The number of hydrogen-bond acceptors (Lipinski definition) is 0. The molecule has 0 fully saturated rings. The van der Waals surface area contributed by atoms with Crippen molar-refractivity contribution in [2.24, 2.45) is 0 Å². The molecule has 0 saturated carbocycles. The maximum Gasteiger partial charge on any atom is 0 e. The first-order valence-electron chi connectivity index (χ1n) is 0. The van der Waals surface area contributed by atoms with Crippen LogP contribution in [0.5, 0.6) is 0 Å². The predicted octanol–water partition coefficient (Wildman–Crippen LogP) is -0.832. The van der Waals surface area contributed by atoms with Gasteiger partial charge in [0.2, 0.25) is 0 Å². The van der Waals surface area contributed by atoms with E-state index in [0.717, 1.165) is 0 Å². The largest absolute Gasteiger partial charge is 0.412 e. The summed E-state index contributed by atoms with van der Waals surface area (Å²) in [7, 11) is 0. The molecular formula is H2Ni2OZr. The molecule has 2 N–H and O–H groups in total. The van der Waals surface area contributed by atoms with Gasteiger partial charge in [0.25, 0.3) is 0 Å². The quantitative estimate of drug-likeness (QED) is 0.483. The number of hydrogen-bond donors (Lipinski definition) is 0. The molecule has 4 heteroatoms. The molecule has 0 amide bonds. The fraction of sp³-hybridized carbons (Fsp3) is 0. The fourth-order valence-corrected chi connectivity index (χ4v) is 0. The first-order chi connectivity index (χ1) is 0. The third-order valence-electron chi connectivity index (χ3n) is 0. The maximum absolute atomic E-state index is 0. The van der Waals surface area contributed by atoms with Gasteiger partial charge in [-0.15, -0.1) is 0 Å². The zero-order valence-electron chi connectivity index (χ0n) is 1.63. The van der Waals surface area contributed by atoms with Gasteiger partial charge in [-0.2, -0.15) is 0 Å². The zero-order valence-corrected chi connectivity index (χ0v) is 6.07. The van der Waals surface area contributed by atoms with E-state index in [0.29, 0.717) is 0 Å². The summed E-state index contributed by atoms with van der Waals surface area (Å²) < 4.78 is 0. The molecular weight excluding hydrogens is 225 g/mol. The predicted molar refractivity (Wildman–Crippen MR) is 3.61 cm³/mol. The SMILES string of the molecule is O.[Ni].[Ni].[Zr]. The van der Waals surface area contributed by atoms with Crippen LogP contribution in [0, 0.1) is 0 Å². The Labute approximate surface area is 64.2 Å². The van der Waals surface area contributed by atoms with Gasteiger partial charge in [0.05, 0.1) is 0 Å². The Bertz CT molecular complexity index is 6.00. The van der Waals surface area contributed by atoms with Gasteiger partial charge < -0.3 is 5.48 Å². The molecule has 0 aromatic rings. The van der Waals surface area contributed by atoms with E-state index < -0.39 is 0 Å². The van der Waals surface area contributed by atoms with Gasteiger partial charge in [0.1, 0.15) is 0 Å². The molecule has 0 aliphatic heterocycles. The fourth-order valence-electron chi connectivity index (χ4n) is 0. The standard InChI is InChI=1S/2Ni.H2O.Zr/h;;1H2;. The van der Waals surface area contributed by atoms with E-state index in [-0.39, 0.29) is 64.7 Å². The van der Waals surface area contributed by atoms with Crippen LogP contribution in [0.1, 0.15) is 0 Å². The molecule has 0 aliphatic rings. The molecule has 0 radical (unpaired) electrons. The van der Waals surface area contributed by atoms with Crippen molar-refractivity contribution >= 4 is 0 Å². The van der Waals surface area contributed by atoms with Crippen molar-refractivity contribution in [2.45, 2.75) is 0 Å². The molecule has 0 rings (SSSR count). The minimum Gasteiger partial charge on any atom is -0.412 e. The third kappa shape index (κ3) is 9.16. The second-order valence-corrected chi connectivity index (χ2v) is 0. The summed E-state index contributed by atoms with van der Waals surface area (Å²) in [5.41, 5.74) is 0. The van der Waals surface area contributed by atoms with Crippen LogP contribution in [0.15, 0.2) is 0 Å². The first-order valence-corrected chi connectivity index (χ1v) is 0. The van der Waals surface area contributed by atoms with Crippen LogP contribution in [-0.2, 0) is 59.2 Å². The molecule has 0 saturated heterocycles. The Hall–Kier alpha value is 1.83. The average Bonchev–Trinajstić information content (AvgIpc) is 0. The molecule has 0 aromatic heterocycles. The van der Waals surface area contributed by atoms with Crippen LogP contribution < -0.4 is 0 Å². The summed E-state index contributed by atoms with van der Waals surface area (Å²) in [4.78, 5) is 0. The van der Waals surface area contributed by atoms with E-state index in [1.165, 1.54) is 0 Å². The average molecular weight is 227 g/mol. The Morgan fingerprint density at radius 2 is 0.750 bits per heavy atom. The van der Waals surface area contributed by atoms with Crippen LogP contribution >= 0.6 is 0 Å². The maximum atomic E-state index is 0. The molecule has 0 aliphatic carbocycles. The minimum atomic E-state index is 0. The van der Waals surface area contributed by atoms with Gasteiger partial charge in [0, 0.05) is 59.2 Å². The molecule has 32 valence electrons. The van der Waals surface area contributed by atoms with Crippen molar-refractivity contribution in [3.8, 4) is 0 Å². The molecule has 0 aromatic carbocycles. The zero-order chi connectivity index (χ0) is 0. The van der Waals surface area contributed by atoms with Crippen molar-refractivity contribution in [3.63, 3.8) is 0 Å². The third-order valence-corrected chi connectivity index (χ3v) is 0. The molecule has 1 nitrogen and oxygen atoms in total. The van der Waals surface area contributed by atoms with Crippen LogP contribution in [0.25, 0.3) is 0 Å². The van der Waals surface area contributed by atoms with Crippen LogP contribution in [-0.4, -0.2) is 5.48 Å². The number of rotatable bonds is 0. The van der Waals surface area contributed by atoms with Crippen molar-refractivity contribution < 1.29 is 64.7 Å². The van der Waals surface area contributed by atoms with Gasteiger partial charge in [-0.25, -0.2) is 0 Å². The van der Waals surface area contributed by atoms with Gasteiger partial charge in [-0.3, -0.25) is 0 Å². The van der Waals surface area contributed by atoms with Crippen LogP contribution in [0.3, 0.4) is 0 Å². The Balaban J connectivity index is 0. The summed E-state index contributed by atoms with van der Waals surface area (Å²) in [6, 6.07) is 0. The summed E-state index contributed by atoms with van der Waals surface area (Å²) in [6.07, 6.45) is 0. The second kappa shape index (κ2) is 21.2. The first kappa shape index (κ1) is 40.6. The Morgan fingerprint density at radius 3 is 0.750 bits per heavy atom. The van der Waals surface area contributed by atoms with Crippen LogP contribution in [0.4, 0.5) is 0 Å². The smallest absolute Gasteiger partial charge is 0 e. The Kier molecular flexibility index (Phi) is 215. The van der Waals surface area contributed by atoms with E-state index in [1.807, 2.05) is 0 Å². The van der Waals surface area contributed by atoms with Gasteiger partial charge in [-0.05, 0) is 0 Å². The molecule has 0 heterocycles. The van der Waals surface area contributed by atoms with Gasteiger partial charge in [-0.1, -0.05) is 0 Å². The second-order valence-electron chi connectivity index (χ2n) is 0. The molecule has 0 bridgehead atoms. The van der Waals surface area contributed by atoms with Gasteiger partial charge >= 0.3 is 0 Å².